The maximum atomic E-state index is 12.2. The molecule has 3 rings (SSSR count). The van der Waals surface area contributed by atoms with Gasteiger partial charge < -0.3 is 14.3 Å². The molecule has 0 radical (unpaired) electrons. The fourth-order valence-corrected chi connectivity index (χ4v) is 2.87. The Labute approximate surface area is 140 Å². The van der Waals surface area contributed by atoms with Crippen LogP contribution in [0.3, 0.4) is 0 Å². The molecule has 122 valence electrons. The summed E-state index contributed by atoms with van der Waals surface area (Å²) < 4.78 is 4.95. The Hall–Kier alpha value is -2.21. The third-order valence-electron chi connectivity index (χ3n) is 4.01. The van der Waals surface area contributed by atoms with Crippen molar-refractivity contribution in [1.29, 1.82) is 0 Å². The third kappa shape index (κ3) is 3.42. The number of aryl methyl sites for hydroxylation is 1. The first-order valence-electron chi connectivity index (χ1n) is 7.54. The van der Waals surface area contributed by atoms with Crippen LogP contribution in [-0.4, -0.2) is 42.3 Å². The summed E-state index contributed by atoms with van der Waals surface area (Å²) in [5.41, 5.74) is 2.20. The van der Waals surface area contributed by atoms with Crippen LogP contribution in [0, 0.1) is 13.8 Å². The Bertz CT molecular complexity index is 708. The highest BCUT2D eigenvalue weighted by atomic mass is 35.5. The topological polar surface area (TPSA) is 61.6 Å². The molecule has 23 heavy (non-hydrogen) atoms. The smallest absolute Gasteiger partial charge is 0.323 e. The standard InChI is InChI=1S/C16H19ClN4O2/c1-11-10-15(19-23-11)18-16(22)21-8-6-20(7-9-21)14-5-3-4-13(17)12(14)2/h3-5,10H,6-9H2,1-2H3,(H,18,19,22). The van der Waals surface area contributed by atoms with Crippen molar-refractivity contribution in [2.45, 2.75) is 13.8 Å². The van der Waals surface area contributed by atoms with Crippen molar-refractivity contribution < 1.29 is 9.32 Å². The first-order valence-corrected chi connectivity index (χ1v) is 7.91. The molecule has 0 aliphatic carbocycles. The number of aromatic nitrogens is 1. The highest BCUT2D eigenvalue weighted by Crippen LogP contribution is 2.27. The van der Waals surface area contributed by atoms with Crippen LogP contribution in [0.1, 0.15) is 11.3 Å². The van der Waals surface area contributed by atoms with E-state index in [2.05, 4.69) is 21.4 Å². The van der Waals surface area contributed by atoms with Gasteiger partial charge in [-0.15, -0.1) is 0 Å². The number of hydrogen-bond donors (Lipinski definition) is 1. The lowest BCUT2D eigenvalue weighted by atomic mass is 10.1. The molecule has 0 saturated carbocycles. The second-order valence-electron chi connectivity index (χ2n) is 5.61. The van der Waals surface area contributed by atoms with Crippen molar-refractivity contribution in [3.05, 3.63) is 40.6 Å². The molecule has 2 amide bonds. The molecule has 0 atom stereocenters. The van der Waals surface area contributed by atoms with Crippen molar-refractivity contribution in [3.63, 3.8) is 0 Å². The zero-order chi connectivity index (χ0) is 16.4. The Balaban J connectivity index is 1.59. The predicted molar refractivity (Wildman–Crippen MR) is 90.2 cm³/mol. The number of carbonyl (C=O) groups excluding carboxylic acids is 1. The Morgan fingerprint density at radius 2 is 2.00 bits per heavy atom. The molecule has 6 nitrogen and oxygen atoms in total. The number of carbonyl (C=O) groups is 1. The summed E-state index contributed by atoms with van der Waals surface area (Å²) in [6.07, 6.45) is 0. The molecule has 0 bridgehead atoms. The number of benzene rings is 1. The maximum Gasteiger partial charge on any atom is 0.323 e. The van der Waals surface area contributed by atoms with Crippen molar-refractivity contribution >= 4 is 29.1 Å². The number of piperazine rings is 1. The fourth-order valence-electron chi connectivity index (χ4n) is 2.70. The zero-order valence-corrected chi connectivity index (χ0v) is 13.9. The first-order chi connectivity index (χ1) is 11.0. The molecule has 1 aliphatic heterocycles. The molecule has 1 aromatic carbocycles. The lowest BCUT2D eigenvalue weighted by molar-refractivity contribution is 0.208. The largest absolute Gasteiger partial charge is 0.368 e. The number of rotatable bonds is 2. The SMILES string of the molecule is Cc1cc(NC(=O)N2CCN(c3cccc(Cl)c3C)CC2)no1. The van der Waals surface area contributed by atoms with Crippen LogP contribution < -0.4 is 10.2 Å². The van der Waals surface area contributed by atoms with Gasteiger partial charge in [0.25, 0.3) is 0 Å². The molecule has 1 saturated heterocycles. The molecule has 1 N–H and O–H groups in total. The van der Waals surface area contributed by atoms with Gasteiger partial charge in [-0.1, -0.05) is 22.8 Å². The first kappa shape index (κ1) is 15.7. The van der Waals surface area contributed by atoms with Gasteiger partial charge in [0, 0.05) is 43.0 Å². The predicted octanol–water partition coefficient (Wildman–Crippen LogP) is 3.30. The number of halogens is 1. The van der Waals surface area contributed by atoms with Crippen LogP contribution in [0.25, 0.3) is 0 Å². The maximum absolute atomic E-state index is 12.2. The second-order valence-corrected chi connectivity index (χ2v) is 6.02. The summed E-state index contributed by atoms with van der Waals surface area (Å²) in [5.74, 6) is 1.11. The average Bonchev–Trinajstić information content (AvgIpc) is 2.95. The molecule has 1 fully saturated rings. The number of urea groups is 1. The molecular formula is C16H19ClN4O2. The van der Waals surface area contributed by atoms with Crippen molar-refractivity contribution in [2.75, 3.05) is 36.4 Å². The van der Waals surface area contributed by atoms with Gasteiger partial charge >= 0.3 is 6.03 Å². The van der Waals surface area contributed by atoms with Crippen LogP contribution in [0.15, 0.2) is 28.8 Å². The summed E-state index contributed by atoms with van der Waals surface area (Å²) in [5, 5.41) is 7.29. The lowest BCUT2D eigenvalue weighted by Gasteiger charge is -2.36. The summed E-state index contributed by atoms with van der Waals surface area (Å²) in [4.78, 5) is 16.3. The number of amides is 2. The van der Waals surface area contributed by atoms with E-state index in [0.717, 1.165) is 29.4 Å². The summed E-state index contributed by atoms with van der Waals surface area (Å²) in [7, 11) is 0. The summed E-state index contributed by atoms with van der Waals surface area (Å²) in [6, 6.07) is 7.46. The highest BCUT2D eigenvalue weighted by Gasteiger charge is 2.23. The lowest BCUT2D eigenvalue weighted by Crippen LogP contribution is -2.50. The molecule has 1 aromatic heterocycles. The van der Waals surface area contributed by atoms with Crippen molar-refractivity contribution in [3.8, 4) is 0 Å². The second kappa shape index (κ2) is 6.50. The van der Waals surface area contributed by atoms with Crippen LogP contribution >= 0.6 is 11.6 Å². The van der Waals surface area contributed by atoms with Gasteiger partial charge in [0.2, 0.25) is 0 Å². The Morgan fingerprint density at radius 1 is 1.26 bits per heavy atom. The van der Waals surface area contributed by atoms with Gasteiger partial charge in [0.1, 0.15) is 5.76 Å². The molecule has 1 aliphatic rings. The van der Waals surface area contributed by atoms with E-state index in [0.29, 0.717) is 24.7 Å². The minimum atomic E-state index is -0.152. The molecule has 2 heterocycles. The molecule has 2 aromatic rings. The minimum Gasteiger partial charge on any atom is -0.368 e. The normalized spacial score (nSPS) is 14.9. The third-order valence-corrected chi connectivity index (χ3v) is 4.42. The van der Waals surface area contributed by atoms with E-state index in [4.69, 9.17) is 16.1 Å². The van der Waals surface area contributed by atoms with E-state index in [1.807, 2.05) is 19.1 Å². The Kier molecular flexibility index (Phi) is 4.43. The van der Waals surface area contributed by atoms with Crippen LogP contribution in [0.2, 0.25) is 5.02 Å². The van der Waals surface area contributed by atoms with Gasteiger partial charge in [-0.05, 0) is 31.5 Å². The van der Waals surface area contributed by atoms with Crippen LogP contribution in [0.5, 0.6) is 0 Å². The number of nitrogens with zero attached hydrogens (tertiary/aromatic N) is 3. The fraction of sp³-hybridized carbons (Fsp3) is 0.375. The highest BCUT2D eigenvalue weighted by molar-refractivity contribution is 6.31. The number of nitrogens with one attached hydrogen (secondary N) is 1. The monoisotopic (exact) mass is 334 g/mol. The van der Waals surface area contributed by atoms with Gasteiger partial charge in [-0.25, -0.2) is 4.79 Å². The number of anilines is 2. The van der Waals surface area contributed by atoms with E-state index in [1.54, 1.807) is 17.9 Å². The van der Waals surface area contributed by atoms with Gasteiger partial charge in [0.15, 0.2) is 5.82 Å². The van der Waals surface area contributed by atoms with Crippen LogP contribution in [-0.2, 0) is 0 Å². The van der Waals surface area contributed by atoms with Crippen LogP contribution in [0.4, 0.5) is 16.3 Å². The minimum absolute atomic E-state index is 0.152. The summed E-state index contributed by atoms with van der Waals surface area (Å²) >= 11 is 6.19. The van der Waals surface area contributed by atoms with Gasteiger partial charge in [0.05, 0.1) is 0 Å². The molecule has 7 heteroatoms. The van der Waals surface area contributed by atoms with E-state index in [1.165, 1.54) is 0 Å². The van der Waals surface area contributed by atoms with Crippen molar-refractivity contribution in [1.82, 2.24) is 10.1 Å². The molecule has 0 spiro atoms. The molecular weight excluding hydrogens is 316 g/mol. The number of hydrogen-bond acceptors (Lipinski definition) is 4. The Morgan fingerprint density at radius 3 is 2.65 bits per heavy atom. The summed E-state index contributed by atoms with van der Waals surface area (Å²) in [6.45, 7) is 6.64. The van der Waals surface area contributed by atoms with Gasteiger partial charge in [-0.2, -0.15) is 0 Å². The average molecular weight is 335 g/mol. The van der Waals surface area contributed by atoms with Crippen molar-refractivity contribution in [2.24, 2.45) is 0 Å². The van der Waals surface area contributed by atoms with E-state index in [9.17, 15) is 4.79 Å². The zero-order valence-electron chi connectivity index (χ0n) is 13.2. The quantitative estimate of drug-likeness (QED) is 0.915. The molecule has 0 unspecified atom stereocenters. The van der Waals surface area contributed by atoms with E-state index < -0.39 is 0 Å². The van der Waals surface area contributed by atoms with Gasteiger partial charge in [-0.3, -0.25) is 5.32 Å². The van der Waals surface area contributed by atoms with E-state index in [-0.39, 0.29) is 6.03 Å². The van der Waals surface area contributed by atoms with E-state index >= 15 is 0 Å².